The van der Waals surface area contributed by atoms with E-state index < -0.39 is 0 Å². The monoisotopic (exact) mass is 189 g/mol. The van der Waals surface area contributed by atoms with E-state index in [0.717, 1.165) is 6.29 Å². The van der Waals surface area contributed by atoms with Gasteiger partial charge in [-0.05, 0) is 12.2 Å². The molecule has 3 nitrogen and oxygen atoms in total. The van der Waals surface area contributed by atoms with E-state index in [2.05, 4.69) is 0 Å². The summed E-state index contributed by atoms with van der Waals surface area (Å²) in [6.07, 6.45) is 1.19. The van der Waals surface area contributed by atoms with E-state index in [4.69, 9.17) is 17.3 Å². The molecule has 11 heavy (non-hydrogen) atoms. The van der Waals surface area contributed by atoms with E-state index in [1.807, 2.05) is 0 Å². The van der Waals surface area contributed by atoms with Gasteiger partial charge in [0.1, 0.15) is 6.29 Å². The van der Waals surface area contributed by atoms with Crippen molar-refractivity contribution in [2.75, 3.05) is 0 Å². The zero-order chi connectivity index (χ0) is 8.27. The van der Waals surface area contributed by atoms with Crippen molar-refractivity contribution in [3.05, 3.63) is 9.33 Å². The molecule has 1 aromatic heterocycles. The van der Waals surface area contributed by atoms with Crippen molar-refractivity contribution < 1.29 is 9.90 Å². The van der Waals surface area contributed by atoms with Crippen LogP contribution in [0.2, 0.25) is 0 Å². The molecular formula is C6H7NO2S2. The molecule has 0 aliphatic heterocycles. The van der Waals surface area contributed by atoms with Crippen LogP contribution in [0.5, 0.6) is 5.88 Å². The van der Waals surface area contributed by atoms with Crippen LogP contribution in [0.3, 0.4) is 0 Å². The molecule has 1 heterocycles. The lowest BCUT2D eigenvalue weighted by Crippen LogP contribution is -1.96. The SMILES string of the molecule is O=CCCn1c(O)csc1=S. The Morgan fingerprint density at radius 1 is 1.82 bits per heavy atom. The zero-order valence-corrected chi connectivity index (χ0v) is 7.32. The molecule has 0 atom stereocenters. The molecule has 60 valence electrons. The number of aldehydes is 1. The number of thiazole rings is 1. The third-order valence-corrected chi connectivity index (χ3v) is 2.49. The number of nitrogens with zero attached hydrogens (tertiary/aromatic N) is 1. The van der Waals surface area contributed by atoms with Crippen LogP contribution in [-0.2, 0) is 11.3 Å². The number of aromatic hydroxyl groups is 1. The summed E-state index contributed by atoms with van der Waals surface area (Å²) in [6, 6.07) is 0. The third kappa shape index (κ3) is 1.87. The Hall–Kier alpha value is -0.680. The lowest BCUT2D eigenvalue weighted by atomic mass is 10.5. The topological polar surface area (TPSA) is 42.2 Å². The van der Waals surface area contributed by atoms with E-state index in [-0.39, 0.29) is 5.88 Å². The highest BCUT2D eigenvalue weighted by molar-refractivity contribution is 7.73. The number of hydrogen-bond acceptors (Lipinski definition) is 4. The smallest absolute Gasteiger partial charge is 0.202 e. The molecule has 0 spiro atoms. The van der Waals surface area contributed by atoms with Crippen molar-refractivity contribution in [1.29, 1.82) is 0 Å². The highest BCUT2D eigenvalue weighted by Gasteiger charge is 1.99. The Labute approximate surface area is 72.9 Å². The first-order chi connectivity index (χ1) is 5.25. The van der Waals surface area contributed by atoms with E-state index in [1.165, 1.54) is 15.9 Å². The van der Waals surface area contributed by atoms with E-state index >= 15 is 0 Å². The van der Waals surface area contributed by atoms with Gasteiger partial charge in [0.25, 0.3) is 0 Å². The first-order valence-electron chi connectivity index (χ1n) is 3.06. The minimum atomic E-state index is 0.141. The van der Waals surface area contributed by atoms with Crippen molar-refractivity contribution in [1.82, 2.24) is 4.57 Å². The summed E-state index contributed by atoms with van der Waals surface area (Å²) in [5, 5.41) is 10.7. The van der Waals surface area contributed by atoms with Gasteiger partial charge in [0.2, 0.25) is 5.88 Å². The molecule has 0 amide bonds. The molecule has 0 radical (unpaired) electrons. The van der Waals surface area contributed by atoms with Crippen molar-refractivity contribution in [2.24, 2.45) is 0 Å². The summed E-state index contributed by atoms with van der Waals surface area (Å²) in [4.78, 5) is 10.00. The molecule has 1 aromatic rings. The number of rotatable bonds is 3. The Morgan fingerprint density at radius 3 is 3.00 bits per heavy atom. The van der Waals surface area contributed by atoms with Gasteiger partial charge in [-0.2, -0.15) is 0 Å². The van der Waals surface area contributed by atoms with Crippen LogP contribution in [-0.4, -0.2) is 16.0 Å². The molecule has 0 unspecified atom stereocenters. The first kappa shape index (κ1) is 8.42. The number of carbonyl (C=O) groups excluding carboxylic acids is 1. The van der Waals surface area contributed by atoms with Gasteiger partial charge < -0.3 is 9.90 Å². The second kappa shape index (κ2) is 3.64. The van der Waals surface area contributed by atoms with Gasteiger partial charge in [-0.15, -0.1) is 11.3 Å². The minimum Gasteiger partial charge on any atom is -0.494 e. The number of aromatic nitrogens is 1. The summed E-state index contributed by atoms with van der Waals surface area (Å²) < 4.78 is 2.14. The van der Waals surface area contributed by atoms with Gasteiger partial charge >= 0.3 is 0 Å². The molecule has 5 heteroatoms. The van der Waals surface area contributed by atoms with Crippen molar-refractivity contribution >= 4 is 29.8 Å². The van der Waals surface area contributed by atoms with Crippen LogP contribution in [0.25, 0.3) is 0 Å². The third-order valence-electron chi connectivity index (χ3n) is 1.23. The molecule has 0 aliphatic rings. The van der Waals surface area contributed by atoms with Gasteiger partial charge in [0.05, 0.1) is 5.38 Å². The fourth-order valence-electron chi connectivity index (χ4n) is 0.712. The Kier molecular flexibility index (Phi) is 2.78. The van der Waals surface area contributed by atoms with Gasteiger partial charge in [-0.25, -0.2) is 0 Å². The van der Waals surface area contributed by atoms with E-state index in [1.54, 1.807) is 5.38 Å². The highest BCUT2D eigenvalue weighted by Crippen LogP contribution is 2.16. The fourth-order valence-corrected chi connectivity index (χ4v) is 1.69. The predicted molar refractivity (Wildman–Crippen MR) is 45.5 cm³/mol. The fraction of sp³-hybridized carbons (Fsp3) is 0.333. The molecule has 0 aromatic carbocycles. The standard InChI is InChI=1S/C6H7NO2S2/c8-3-1-2-7-5(9)4-11-6(7)10/h3-4,9H,1-2H2. The van der Waals surface area contributed by atoms with Gasteiger partial charge in [-0.3, -0.25) is 4.57 Å². The Morgan fingerprint density at radius 2 is 2.55 bits per heavy atom. The summed E-state index contributed by atoms with van der Waals surface area (Å²) in [7, 11) is 0. The lowest BCUT2D eigenvalue weighted by molar-refractivity contribution is -0.108. The molecule has 1 rings (SSSR count). The Balaban J connectivity index is 2.83. The van der Waals surface area contributed by atoms with E-state index in [0.29, 0.717) is 16.9 Å². The van der Waals surface area contributed by atoms with Gasteiger partial charge in [0, 0.05) is 13.0 Å². The van der Waals surface area contributed by atoms with Crippen LogP contribution in [0.4, 0.5) is 0 Å². The molecule has 0 fully saturated rings. The second-order valence-corrected chi connectivity index (χ2v) is 3.47. The summed E-state index contributed by atoms with van der Waals surface area (Å²) in [5.74, 6) is 0.141. The van der Waals surface area contributed by atoms with Gasteiger partial charge in [0.15, 0.2) is 3.95 Å². The van der Waals surface area contributed by atoms with Crippen LogP contribution in [0.1, 0.15) is 6.42 Å². The molecule has 0 bridgehead atoms. The maximum Gasteiger partial charge on any atom is 0.202 e. The predicted octanol–water partition coefficient (Wildman–Crippen LogP) is 1.57. The molecule has 0 aliphatic carbocycles. The van der Waals surface area contributed by atoms with Crippen LogP contribution < -0.4 is 0 Å². The lowest BCUT2D eigenvalue weighted by Gasteiger charge is -1.98. The molecule has 0 saturated heterocycles. The number of carbonyl (C=O) groups is 1. The molecular weight excluding hydrogens is 182 g/mol. The van der Waals surface area contributed by atoms with Gasteiger partial charge in [-0.1, -0.05) is 0 Å². The van der Waals surface area contributed by atoms with Crippen molar-refractivity contribution in [2.45, 2.75) is 13.0 Å². The van der Waals surface area contributed by atoms with Crippen molar-refractivity contribution in [3.63, 3.8) is 0 Å². The van der Waals surface area contributed by atoms with Crippen LogP contribution >= 0.6 is 23.6 Å². The maximum absolute atomic E-state index is 10.00. The number of hydrogen-bond donors (Lipinski definition) is 1. The van der Waals surface area contributed by atoms with Crippen molar-refractivity contribution in [3.8, 4) is 5.88 Å². The highest BCUT2D eigenvalue weighted by atomic mass is 32.1. The average molecular weight is 189 g/mol. The largest absolute Gasteiger partial charge is 0.494 e. The average Bonchev–Trinajstić information content (AvgIpc) is 2.29. The quantitative estimate of drug-likeness (QED) is 0.579. The first-order valence-corrected chi connectivity index (χ1v) is 4.35. The Bertz CT molecular complexity index is 302. The molecule has 0 saturated carbocycles. The summed E-state index contributed by atoms with van der Waals surface area (Å²) >= 11 is 6.19. The van der Waals surface area contributed by atoms with E-state index in [9.17, 15) is 4.79 Å². The normalized spacial score (nSPS) is 9.82. The summed E-state index contributed by atoms with van der Waals surface area (Å²) in [6.45, 7) is 0.470. The molecule has 1 N–H and O–H groups in total. The van der Waals surface area contributed by atoms with Crippen LogP contribution in [0, 0.1) is 3.95 Å². The summed E-state index contributed by atoms with van der Waals surface area (Å²) in [5.41, 5.74) is 0. The zero-order valence-electron chi connectivity index (χ0n) is 5.69. The second-order valence-electron chi connectivity index (χ2n) is 1.97. The van der Waals surface area contributed by atoms with Crippen LogP contribution in [0.15, 0.2) is 5.38 Å². The minimum absolute atomic E-state index is 0.141. The maximum atomic E-state index is 10.00.